The van der Waals surface area contributed by atoms with Gasteiger partial charge in [-0.1, -0.05) is 15.9 Å². The standard InChI is InChI=1S/C8H15BrO3/c1-8(2,3)12-6(9)4-5-7(10)11/h6H,4-5H2,1-3H3,(H,10,11). The van der Waals surface area contributed by atoms with E-state index >= 15 is 0 Å². The molecule has 0 aliphatic heterocycles. The van der Waals surface area contributed by atoms with Gasteiger partial charge < -0.3 is 9.84 Å². The zero-order valence-electron chi connectivity index (χ0n) is 7.63. The third kappa shape index (κ3) is 8.01. The molecule has 0 rings (SSSR count). The first kappa shape index (κ1) is 11.9. The quantitative estimate of drug-likeness (QED) is 0.766. The van der Waals surface area contributed by atoms with Crippen LogP contribution in [-0.2, 0) is 9.53 Å². The van der Waals surface area contributed by atoms with Gasteiger partial charge in [0, 0.05) is 6.42 Å². The van der Waals surface area contributed by atoms with Crippen molar-refractivity contribution >= 4 is 21.9 Å². The number of hydrogen-bond donors (Lipinski definition) is 1. The smallest absolute Gasteiger partial charge is 0.303 e. The van der Waals surface area contributed by atoms with Gasteiger partial charge in [0.05, 0.1) is 5.60 Å². The average molecular weight is 239 g/mol. The lowest BCUT2D eigenvalue weighted by molar-refractivity contribution is -0.137. The zero-order chi connectivity index (χ0) is 9.78. The van der Waals surface area contributed by atoms with Crippen molar-refractivity contribution in [3.05, 3.63) is 0 Å². The summed E-state index contributed by atoms with van der Waals surface area (Å²) in [4.78, 5) is 10.2. The SMILES string of the molecule is CC(C)(C)OC(Br)CCC(=O)O. The molecule has 0 aromatic heterocycles. The summed E-state index contributed by atoms with van der Waals surface area (Å²) in [5.41, 5.74) is -0.229. The molecule has 12 heavy (non-hydrogen) atoms. The molecule has 0 aromatic carbocycles. The summed E-state index contributed by atoms with van der Waals surface area (Å²) in [6.07, 6.45) is 0.624. The van der Waals surface area contributed by atoms with Crippen LogP contribution in [0.25, 0.3) is 0 Å². The molecule has 0 radical (unpaired) electrons. The van der Waals surface area contributed by atoms with E-state index in [-0.39, 0.29) is 17.0 Å². The second-order valence-corrected chi connectivity index (χ2v) is 4.59. The van der Waals surface area contributed by atoms with Crippen molar-refractivity contribution in [1.82, 2.24) is 0 Å². The lowest BCUT2D eigenvalue weighted by atomic mass is 10.2. The van der Waals surface area contributed by atoms with E-state index in [0.717, 1.165) is 0 Å². The summed E-state index contributed by atoms with van der Waals surface area (Å²) in [6.45, 7) is 5.80. The van der Waals surface area contributed by atoms with E-state index in [2.05, 4.69) is 15.9 Å². The second kappa shape index (κ2) is 4.82. The van der Waals surface area contributed by atoms with Crippen molar-refractivity contribution in [2.75, 3.05) is 0 Å². The molecule has 0 aromatic rings. The largest absolute Gasteiger partial charge is 0.481 e. The minimum Gasteiger partial charge on any atom is -0.481 e. The Kier molecular flexibility index (Phi) is 4.78. The number of hydrogen-bond acceptors (Lipinski definition) is 2. The number of alkyl halides is 1. The Morgan fingerprint density at radius 1 is 1.58 bits per heavy atom. The van der Waals surface area contributed by atoms with Gasteiger partial charge in [-0.15, -0.1) is 0 Å². The lowest BCUT2D eigenvalue weighted by Crippen LogP contribution is -2.24. The lowest BCUT2D eigenvalue weighted by Gasteiger charge is -2.23. The fraction of sp³-hybridized carbons (Fsp3) is 0.875. The highest BCUT2D eigenvalue weighted by Crippen LogP contribution is 2.18. The molecule has 1 unspecified atom stereocenters. The molecule has 0 aliphatic rings. The Labute approximate surface area is 81.2 Å². The zero-order valence-corrected chi connectivity index (χ0v) is 9.22. The van der Waals surface area contributed by atoms with Gasteiger partial charge in [-0.05, 0) is 27.2 Å². The van der Waals surface area contributed by atoms with Crippen LogP contribution in [0.3, 0.4) is 0 Å². The van der Waals surface area contributed by atoms with Gasteiger partial charge in [0.25, 0.3) is 0 Å². The molecule has 0 saturated heterocycles. The number of ether oxygens (including phenoxy) is 1. The van der Waals surface area contributed by atoms with Gasteiger partial charge in [0.15, 0.2) is 0 Å². The number of rotatable bonds is 4. The molecule has 72 valence electrons. The molecule has 4 heteroatoms. The molecular formula is C8H15BrO3. The molecule has 0 spiro atoms. The molecule has 0 amide bonds. The molecule has 0 aliphatic carbocycles. The van der Waals surface area contributed by atoms with Crippen molar-refractivity contribution in [1.29, 1.82) is 0 Å². The Morgan fingerprint density at radius 3 is 2.42 bits per heavy atom. The van der Waals surface area contributed by atoms with Crippen molar-refractivity contribution in [3.8, 4) is 0 Å². The van der Waals surface area contributed by atoms with Crippen LogP contribution >= 0.6 is 15.9 Å². The molecule has 0 fully saturated rings. The third-order valence-corrected chi connectivity index (χ3v) is 1.71. The number of aliphatic carboxylic acids is 1. The van der Waals surface area contributed by atoms with Gasteiger partial charge in [-0.3, -0.25) is 4.79 Å². The van der Waals surface area contributed by atoms with Gasteiger partial charge in [0.2, 0.25) is 0 Å². The van der Waals surface area contributed by atoms with Crippen molar-refractivity contribution in [2.24, 2.45) is 0 Å². The molecule has 0 bridgehead atoms. The first-order valence-electron chi connectivity index (χ1n) is 3.85. The van der Waals surface area contributed by atoms with Gasteiger partial charge in [-0.25, -0.2) is 0 Å². The summed E-state index contributed by atoms with van der Waals surface area (Å²) in [5, 5.41) is 8.21. The van der Waals surface area contributed by atoms with E-state index in [9.17, 15) is 4.79 Å². The highest BCUT2D eigenvalue weighted by atomic mass is 79.9. The van der Waals surface area contributed by atoms with E-state index in [0.29, 0.717) is 6.42 Å². The van der Waals surface area contributed by atoms with Crippen LogP contribution < -0.4 is 0 Å². The Morgan fingerprint density at radius 2 is 2.08 bits per heavy atom. The van der Waals surface area contributed by atoms with E-state index in [1.54, 1.807) is 0 Å². The van der Waals surface area contributed by atoms with E-state index < -0.39 is 5.97 Å². The molecule has 0 heterocycles. The Hall–Kier alpha value is -0.0900. The highest BCUT2D eigenvalue weighted by Gasteiger charge is 2.16. The van der Waals surface area contributed by atoms with Crippen LogP contribution in [0, 0.1) is 0 Å². The number of carbonyl (C=O) groups is 1. The molecule has 0 saturated carbocycles. The van der Waals surface area contributed by atoms with E-state index in [4.69, 9.17) is 9.84 Å². The fourth-order valence-electron chi connectivity index (χ4n) is 0.680. The molecule has 1 atom stereocenters. The minimum absolute atomic E-state index is 0.131. The summed E-state index contributed by atoms with van der Waals surface area (Å²) in [6, 6.07) is 0. The van der Waals surface area contributed by atoms with Crippen LogP contribution in [0.15, 0.2) is 0 Å². The van der Waals surface area contributed by atoms with Crippen molar-refractivity contribution < 1.29 is 14.6 Å². The summed E-state index contributed by atoms with van der Waals surface area (Å²) >= 11 is 3.26. The summed E-state index contributed by atoms with van der Waals surface area (Å²) in [7, 11) is 0. The summed E-state index contributed by atoms with van der Waals surface area (Å²) < 4.78 is 5.44. The maximum absolute atomic E-state index is 10.2. The predicted molar refractivity (Wildman–Crippen MR) is 50.4 cm³/mol. The molecule has 1 N–H and O–H groups in total. The van der Waals surface area contributed by atoms with Crippen LogP contribution in [0.5, 0.6) is 0 Å². The normalized spacial score (nSPS) is 14.3. The first-order chi connectivity index (χ1) is 5.31. The van der Waals surface area contributed by atoms with Crippen LogP contribution in [0.1, 0.15) is 33.6 Å². The van der Waals surface area contributed by atoms with Crippen molar-refractivity contribution in [2.45, 2.75) is 44.2 Å². The number of carboxylic acids is 1. The fourth-order valence-corrected chi connectivity index (χ4v) is 1.47. The monoisotopic (exact) mass is 238 g/mol. The Balaban J connectivity index is 3.60. The van der Waals surface area contributed by atoms with Gasteiger partial charge in [-0.2, -0.15) is 0 Å². The minimum atomic E-state index is -0.794. The summed E-state index contributed by atoms with van der Waals surface area (Å²) in [5.74, 6) is -0.794. The molecule has 3 nitrogen and oxygen atoms in total. The topological polar surface area (TPSA) is 46.5 Å². The van der Waals surface area contributed by atoms with Crippen LogP contribution in [0.4, 0.5) is 0 Å². The maximum atomic E-state index is 10.2. The molecular weight excluding hydrogens is 224 g/mol. The van der Waals surface area contributed by atoms with Crippen molar-refractivity contribution in [3.63, 3.8) is 0 Å². The number of halogens is 1. The highest BCUT2D eigenvalue weighted by molar-refractivity contribution is 9.09. The van der Waals surface area contributed by atoms with Crippen LogP contribution in [-0.4, -0.2) is 21.7 Å². The third-order valence-electron chi connectivity index (χ3n) is 1.07. The van der Waals surface area contributed by atoms with E-state index in [1.807, 2.05) is 20.8 Å². The van der Waals surface area contributed by atoms with Gasteiger partial charge in [0.1, 0.15) is 5.01 Å². The van der Waals surface area contributed by atoms with Gasteiger partial charge >= 0.3 is 5.97 Å². The predicted octanol–water partition coefficient (Wildman–Crippen LogP) is 2.39. The number of carboxylic acid groups (broad SMARTS) is 1. The van der Waals surface area contributed by atoms with Crippen LogP contribution in [0.2, 0.25) is 0 Å². The first-order valence-corrected chi connectivity index (χ1v) is 4.76. The average Bonchev–Trinajstić information content (AvgIpc) is 1.79. The second-order valence-electron chi connectivity index (χ2n) is 3.57. The maximum Gasteiger partial charge on any atom is 0.303 e. The Bertz CT molecular complexity index is 151. The van der Waals surface area contributed by atoms with E-state index in [1.165, 1.54) is 0 Å².